The number of thiophene rings is 1. The summed E-state index contributed by atoms with van der Waals surface area (Å²) in [5.74, 6) is -1.02. The number of hydrogen-bond acceptors (Lipinski definition) is 3. The van der Waals surface area contributed by atoms with Gasteiger partial charge in [0, 0.05) is 11.4 Å². The minimum atomic E-state index is -0.889. The molecule has 1 amide bonds. The van der Waals surface area contributed by atoms with Crippen molar-refractivity contribution in [3.8, 4) is 0 Å². The molecule has 4 nitrogen and oxygen atoms in total. The summed E-state index contributed by atoms with van der Waals surface area (Å²) in [7, 11) is 0. The summed E-state index contributed by atoms with van der Waals surface area (Å²) < 4.78 is 0. The molecule has 1 saturated heterocycles. The van der Waals surface area contributed by atoms with Gasteiger partial charge in [-0.1, -0.05) is 12.8 Å². The van der Waals surface area contributed by atoms with Crippen molar-refractivity contribution >= 4 is 23.2 Å². The van der Waals surface area contributed by atoms with Gasteiger partial charge >= 0.3 is 5.97 Å². The van der Waals surface area contributed by atoms with Crippen LogP contribution in [0.4, 0.5) is 0 Å². The molecule has 0 saturated carbocycles. The molecule has 1 atom stereocenters. The van der Waals surface area contributed by atoms with E-state index < -0.39 is 12.0 Å². The maximum atomic E-state index is 12.5. The molecule has 1 aliphatic heterocycles. The molecule has 0 bridgehead atoms. The van der Waals surface area contributed by atoms with Crippen molar-refractivity contribution < 1.29 is 14.7 Å². The van der Waals surface area contributed by atoms with Crippen molar-refractivity contribution in [2.75, 3.05) is 6.54 Å². The molecule has 1 unspecified atom stereocenters. The smallest absolute Gasteiger partial charge is 0.326 e. The molecule has 1 aliphatic rings. The quantitative estimate of drug-likeness (QED) is 0.907. The van der Waals surface area contributed by atoms with Crippen molar-refractivity contribution in [3.05, 3.63) is 21.4 Å². The summed E-state index contributed by atoms with van der Waals surface area (Å²) in [5, 5.41) is 9.30. The number of aliphatic carboxylic acids is 1. The lowest BCUT2D eigenvalue weighted by molar-refractivity contribution is -0.142. The first-order chi connectivity index (χ1) is 9.00. The van der Waals surface area contributed by atoms with Gasteiger partial charge in [0.15, 0.2) is 0 Å². The Morgan fingerprint density at radius 1 is 1.32 bits per heavy atom. The summed E-state index contributed by atoms with van der Waals surface area (Å²) in [6, 6.07) is 1.20. The van der Waals surface area contributed by atoms with Crippen molar-refractivity contribution in [1.82, 2.24) is 4.90 Å². The molecule has 1 aromatic rings. The van der Waals surface area contributed by atoms with Gasteiger partial charge < -0.3 is 10.0 Å². The average molecular weight is 281 g/mol. The Labute approximate surface area is 117 Å². The van der Waals surface area contributed by atoms with E-state index in [9.17, 15) is 14.7 Å². The lowest BCUT2D eigenvalue weighted by Crippen LogP contribution is -2.44. The van der Waals surface area contributed by atoms with Crippen LogP contribution in [0, 0.1) is 13.8 Å². The number of likely N-dealkylation sites (tertiary alicyclic amines) is 1. The summed E-state index contributed by atoms with van der Waals surface area (Å²) in [5.41, 5.74) is 1.09. The number of hydrogen-bond donors (Lipinski definition) is 1. The van der Waals surface area contributed by atoms with Gasteiger partial charge in [0.25, 0.3) is 5.91 Å². The summed E-state index contributed by atoms with van der Waals surface area (Å²) in [4.78, 5) is 27.2. The van der Waals surface area contributed by atoms with Gasteiger partial charge in [0.05, 0.1) is 4.88 Å². The highest BCUT2D eigenvalue weighted by atomic mass is 32.1. The van der Waals surface area contributed by atoms with Crippen LogP contribution < -0.4 is 0 Å². The Kier molecular flexibility index (Phi) is 4.24. The molecule has 0 spiro atoms. The van der Waals surface area contributed by atoms with Gasteiger partial charge in [-0.05, 0) is 38.3 Å². The van der Waals surface area contributed by atoms with E-state index in [0.717, 1.165) is 29.7 Å². The monoisotopic (exact) mass is 281 g/mol. The third-order valence-corrected chi connectivity index (χ3v) is 4.82. The second-order valence-corrected chi connectivity index (χ2v) is 6.31. The zero-order valence-corrected chi connectivity index (χ0v) is 12.1. The van der Waals surface area contributed by atoms with E-state index in [1.165, 1.54) is 11.3 Å². The van der Waals surface area contributed by atoms with Crippen molar-refractivity contribution in [2.45, 2.75) is 45.6 Å². The minimum Gasteiger partial charge on any atom is -0.480 e. The second kappa shape index (κ2) is 5.74. The molecular weight excluding hydrogens is 262 g/mol. The summed E-state index contributed by atoms with van der Waals surface area (Å²) in [6.45, 7) is 4.50. The van der Waals surface area contributed by atoms with E-state index >= 15 is 0 Å². The normalized spacial score (nSPS) is 20.1. The Balaban J connectivity index is 2.25. The molecule has 104 valence electrons. The number of rotatable bonds is 2. The predicted octanol–water partition coefficient (Wildman–Crippen LogP) is 2.83. The molecule has 0 aliphatic carbocycles. The number of carboxylic acids is 1. The van der Waals surface area contributed by atoms with Crippen LogP contribution >= 0.6 is 11.3 Å². The Hall–Kier alpha value is -1.36. The van der Waals surface area contributed by atoms with Crippen LogP contribution in [0.25, 0.3) is 0 Å². The number of amides is 1. The third kappa shape index (κ3) is 2.97. The summed E-state index contributed by atoms with van der Waals surface area (Å²) >= 11 is 1.45. The largest absolute Gasteiger partial charge is 0.480 e. The van der Waals surface area contributed by atoms with Crippen LogP contribution in [0.3, 0.4) is 0 Å². The van der Waals surface area contributed by atoms with Gasteiger partial charge in [-0.2, -0.15) is 0 Å². The molecule has 2 rings (SSSR count). The SMILES string of the molecule is Cc1cc(C(=O)N2CCCCCC2C(=O)O)sc1C. The molecule has 19 heavy (non-hydrogen) atoms. The van der Waals surface area contributed by atoms with Crippen LogP contribution in [0.1, 0.15) is 45.8 Å². The third-order valence-electron chi connectivity index (χ3n) is 3.68. The van der Waals surface area contributed by atoms with Gasteiger partial charge in [-0.3, -0.25) is 4.79 Å². The Bertz CT molecular complexity index is 475. The molecule has 5 heteroatoms. The van der Waals surface area contributed by atoms with Crippen LogP contribution in [-0.4, -0.2) is 34.5 Å². The molecule has 0 aromatic carbocycles. The predicted molar refractivity (Wildman–Crippen MR) is 74.7 cm³/mol. The van der Waals surface area contributed by atoms with Gasteiger partial charge in [-0.25, -0.2) is 4.79 Å². The number of nitrogens with zero attached hydrogens (tertiary/aromatic N) is 1. The zero-order chi connectivity index (χ0) is 14.0. The second-order valence-electron chi connectivity index (χ2n) is 5.05. The first kappa shape index (κ1) is 14.1. The average Bonchev–Trinajstić information content (AvgIpc) is 2.59. The minimum absolute atomic E-state index is 0.129. The van der Waals surface area contributed by atoms with Crippen LogP contribution in [-0.2, 0) is 4.79 Å². The molecule has 2 heterocycles. The highest BCUT2D eigenvalue weighted by molar-refractivity contribution is 7.14. The van der Waals surface area contributed by atoms with Crippen LogP contribution in [0.2, 0.25) is 0 Å². The molecule has 1 fully saturated rings. The van der Waals surface area contributed by atoms with Gasteiger partial charge in [-0.15, -0.1) is 11.3 Å². The lowest BCUT2D eigenvalue weighted by Gasteiger charge is -2.26. The Morgan fingerprint density at radius 2 is 2.05 bits per heavy atom. The van der Waals surface area contributed by atoms with Crippen LogP contribution in [0.5, 0.6) is 0 Å². The van der Waals surface area contributed by atoms with Crippen molar-refractivity contribution in [1.29, 1.82) is 0 Å². The molecule has 1 N–H and O–H groups in total. The molecule has 0 radical (unpaired) electrons. The lowest BCUT2D eigenvalue weighted by atomic mass is 10.1. The van der Waals surface area contributed by atoms with Gasteiger partial charge in [0.1, 0.15) is 6.04 Å². The van der Waals surface area contributed by atoms with E-state index in [1.807, 2.05) is 19.9 Å². The fraction of sp³-hybridized carbons (Fsp3) is 0.571. The summed E-state index contributed by atoms with van der Waals surface area (Å²) in [6.07, 6.45) is 3.32. The topological polar surface area (TPSA) is 57.6 Å². The van der Waals surface area contributed by atoms with E-state index in [1.54, 1.807) is 4.90 Å². The number of carbonyl (C=O) groups is 2. The van der Waals surface area contributed by atoms with E-state index in [4.69, 9.17) is 0 Å². The van der Waals surface area contributed by atoms with E-state index in [0.29, 0.717) is 17.8 Å². The van der Waals surface area contributed by atoms with E-state index in [2.05, 4.69) is 0 Å². The van der Waals surface area contributed by atoms with Crippen LogP contribution in [0.15, 0.2) is 6.07 Å². The molecular formula is C14H19NO3S. The fourth-order valence-corrected chi connectivity index (χ4v) is 3.42. The van der Waals surface area contributed by atoms with Crippen molar-refractivity contribution in [2.24, 2.45) is 0 Å². The van der Waals surface area contributed by atoms with E-state index in [-0.39, 0.29) is 5.91 Å². The fourth-order valence-electron chi connectivity index (χ4n) is 2.43. The highest BCUT2D eigenvalue weighted by Gasteiger charge is 2.31. The maximum absolute atomic E-state index is 12.5. The Morgan fingerprint density at radius 3 is 2.63 bits per heavy atom. The standard InChI is InChI=1S/C14H19NO3S/c1-9-8-12(19-10(9)2)13(16)15-7-5-3-4-6-11(15)14(17)18/h8,11H,3-7H2,1-2H3,(H,17,18). The number of aryl methyl sites for hydroxylation is 2. The number of carbonyl (C=O) groups excluding carboxylic acids is 1. The maximum Gasteiger partial charge on any atom is 0.326 e. The van der Waals surface area contributed by atoms with Crippen molar-refractivity contribution in [3.63, 3.8) is 0 Å². The first-order valence-corrected chi connectivity index (χ1v) is 7.43. The highest BCUT2D eigenvalue weighted by Crippen LogP contribution is 2.25. The zero-order valence-electron chi connectivity index (χ0n) is 11.3. The number of carboxylic acid groups (broad SMARTS) is 1. The molecule has 1 aromatic heterocycles. The first-order valence-electron chi connectivity index (χ1n) is 6.61. The van der Waals surface area contributed by atoms with Gasteiger partial charge in [0.2, 0.25) is 0 Å².